The SMILES string of the molecule is Cc1cc(OC(C)C)nc(NCc2ncn(C)n2)n1. The highest BCUT2D eigenvalue weighted by molar-refractivity contribution is 5.30. The van der Waals surface area contributed by atoms with E-state index in [1.807, 2.05) is 33.9 Å². The van der Waals surface area contributed by atoms with Crippen molar-refractivity contribution in [3.05, 3.63) is 23.9 Å². The fraction of sp³-hybridized carbons (Fsp3) is 0.500. The van der Waals surface area contributed by atoms with Crippen molar-refractivity contribution in [3.8, 4) is 5.88 Å². The molecule has 2 heterocycles. The van der Waals surface area contributed by atoms with Crippen LogP contribution in [0.25, 0.3) is 0 Å². The summed E-state index contributed by atoms with van der Waals surface area (Å²) in [4.78, 5) is 12.7. The lowest BCUT2D eigenvalue weighted by molar-refractivity contribution is 0.232. The zero-order valence-electron chi connectivity index (χ0n) is 11.6. The molecular formula is C12H18N6O. The number of ether oxygens (including phenoxy) is 1. The van der Waals surface area contributed by atoms with Crippen LogP contribution in [0.5, 0.6) is 5.88 Å². The molecular weight excluding hydrogens is 244 g/mol. The fourth-order valence-electron chi connectivity index (χ4n) is 1.54. The second kappa shape index (κ2) is 5.64. The minimum Gasteiger partial charge on any atom is -0.475 e. The molecule has 1 N–H and O–H groups in total. The summed E-state index contributed by atoms with van der Waals surface area (Å²) in [5.74, 6) is 1.78. The number of rotatable bonds is 5. The molecule has 19 heavy (non-hydrogen) atoms. The first-order chi connectivity index (χ1) is 9.02. The molecule has 0 fully saturated rings. The van der Waals surface area contributed by atoms with E-state index in [2.05, 4.69) is 25.4 Å². The van der Waals surface area contributed by atoms with Gasteiger partial charge >= 0.3 is 0 Å². The van der Waals surface area contributed by atoms with Gasteiger partial charge in [0.05, 0.1) is 12.6 Å². The Morgan fingerprint density at radius 1 is 1.37 bits per heavy atom. The number of aromatic nitrogens is 5. The number of nitrogens with zero attached hydrogens (tertiary/aromatic N) is 5. The summed E-state index contributed by atoms with van der Waals surface area (Å²) in [7, 11) is 1.83. The van der Waals surface area contributed by atoms with Crippen LogP contribution in [0.1, 0.15) is 25.4 Å². The predicted octanol–water partition coefficient (Wildman–Crippen LogP) is 1.31. The number of anilines is 1. The molecule has 0 spiro atoms. The zero-order chi connectivity index (χ0) is 13.8. The van der Waals surface area contributed by atoms with Gasteiger partial charge in [0, 0.05) is 18.8 Å². The maximum atomic E-state index is 5.57. The van der Waals surface area contributed by atoms with Crippen LogP contribution >= 0.6 is 0 Å². The lowest BCUT2D eigenvalue weighted by Crippen LogP contribution is -2.10. The van der Waals surface area contributed by atoms with E-state index in [9.17, 15) is 0 Å². The highest BCUT2D eigenvalue weighted by Gasteiger charge is 2.06. The Morgan fingerprint density at radius 2 is 2.16 bits per heavy atom. The van der Waals surface area contributed by atoms with Gasteiger partial charge in [-0.2, -0.15) is 10.1 Å². The molecule has 0 bridgehead atoms. The van der Waals surface area contributed by atoms with E-state index >= 15 is 0 Å². The summed E-state index contributed by atoms with van der Waals surface area (Å²) < 4.78 is 7.22. The molecule has 0 unspecified atom stereocenters. The minimum absolute atomic E-state index is 0.0830. The van der Waals surface area contributed by atoms with Gasteiger partial charge in [-0.3, -0.25) is 4.68 Å². The first-order valence-electron chi connectivity index (χ1n) is 6.13. The smallest absolute Gasteiger partial charge is 0.226 e. The molecule has 0 atom stereocenters. The van der Waals surface area contributed by atoms with Gasteiger partial charge in [-0.1, -0.05) is 0 Å². The molecule has 2 aromatic heterocycles. The van der Waals surface area contributed by atoms with E-state index in [4.69, 9.17) is 4.74 Å². The van der Waals surface area contributed by atoms with Gasteiger partial charge < -0.3 is 10.1 Å². The van der Waals surface area contributed by atoms with Gasteiger partial charge in [-0.25, -0.2) is 9.97 Å². The van der Waals surface area contributed by atoms with Crippen LogP contribution in [0.4, 0.5) is 5.95 Å². The van der Waals surface area contributed by atoms with Crippen LogP contribution in [0.15, 0.2) is 12.4 Å². The van der Waals surface area contributed by atoms with Crippen molar-refractivity contribution in [2.45, 2.75) is 33.4 Å². The number of hydrogen-bond acceptors (Lipinski definition) is 6. The normalized spacial score (nSPS) is 10.8. The molecule has 0 saturated carbocycles. The van der Waals surface area contributed by atoms with Gasteiger partial charge in [0.25, 0.3) is 0 Å². The summed E-state index contributed by atoms with van der Waals surface area (Å²) in [6, 6.07) is 1.81. The Balaban J connectivity index is 2.05. The van der Waals surface area contributed by atoms with Crippen LogP contribution in [-0.2, 0) is 13.6 Å². The van der Waals surface area contributed by atoms with Crippen molar-refractivity contribution in [3.63, 3.8) is 0 Å². The summed E-state index contributed by atoms with van der Waals surface area (Å²) in [6.07, 6.45) is 1.74. The highest BCUT2D eigenvalue weighted by Crippen LogP contribution is 2.13. The minimum atomic E-state index is 0.0830. The second-order valence-electron chi connectivity index (χ2n) is 4.53. The molecule has 0 aliphatic heterocycles. The monoisotopic (exact) mass is 262 g/mol. The number of nitrogens with one attached hydrogen (secondary N) is 1. The van der Waals surface area contributed by atoms with Crippen molar-refractivity contribution in [2.75, 3.05) is 5.32 Å². The van der Waals surface area contributed by atoms with Crippen molar-refractivity contribution < 1.29 is 4.74 Å². The van der Waals surface area contributed by atoms with Crippen molar-refractivity contribution in [1.82, 2.24) is 24.7 Å². The predicted molar refractivity (Wildman–Crippen MR) is 70.9 cm³/mol. The fourth-order valence-corrected chi connectivity index (χ4v) is 1.54. The molecule has 0 saturated heterocycles. The molecule has 7 nitrogen and oxygen atoms in total. The maximum absolute atomic E-state index is 5.57. The maximum Gasteiger partial charge on any atom is 0.226 e. The lowest BCUT2D eigenvalue weighted by atomic mass is 10.4. The largest absolute Gasteiger partial charge is 0.475 e. The van der Waals surface area contributed by atoms with E-state index in [-0.39, 0.29) is 6.10 Å². The van der Waals surface area contributed by atoms with E-state index < -0.39 is 0 Å². The Morgan fingerprint density at radius 3 is 2.79 bits per heavy atom. The van der Waals surface area contributed by atoms with E-state index in [0.717, 1.165) is 5.69 Å². The third-order valence-corrected chi connectivity index (χ3v) is 2.24. The molecule has 102 valence electrons. The summed E-state index contributed by atoms with van der Waals surface area (Å²) in [5, 5.41) is 7.26. The Labute approximate surface area is 112 Å². The lowest BCUT2D eigenvalue weighted by Gasteiger charge is -2.10. The van der Waals surface area contributed by atoms with E-state index in [0.29, 0.717) is 24.2 Å². The van der Waals surface area contributed by atoms with Gasteiger partial charge in [-0.05, 0) is 20.8 Å². The van der Waals surface area contributed by atoms with Gasteiger partial charge in [0.2, 0.25) is 11.8 Å². The zero-order valence-corrected chi connectivity index (χ0v) is 11.6. The first-order valence-corrected chi connectivity index (χ1v) is 6.13. The quantitative estimate of drug-likeness (QED) is 0.875. The molecule has 0 amide bonds. The number of hydrogen-bond donors (Lipinski definition) is 1. The number of aryl methyl sites for hydroxylation is 2. The van der Waals surface area contributed by atoms with Crippen LogP contribution in [-0.4, -0.2) is 30.8 Å². The first kappa shape index (κ1) is 13.3. The van der Waals surface area contributed by atoms with E-state index in [1.165, 1.54) is 0 Å². The van der Waals surface area contributed by atoms with Crippen LogP contribution in [0, 0.1) is 6.92 Å². The van der Waals surface area contributed by atoms with Gasteiger partial charge in [-0.15, -0.1) is 0 Å². The Hall–Kier alpha value is -2.18. The summed E-state index contributed by atoms with van der Waals surface area (Å²) in [5.41, 5.74) is 0.849. The summed E-state index contributed by atoms with van der Waals surface area (Å²) >= 11 is 0. The van der Waals surface area contributed by atoms with Crippen molar-refractivity contribution in [2.24, 2.45) is 7.05 Å². The van der Waals surface area contributed by atoms with Crippen molar-refractivity contribution in [1.29, 1.82) is 0 Å². The molecule has 7 heteroatoms. The second-order valence-corrected chi connectivity index (χ2v) is 4.53. The Bertz CT molecular complexity index is 551. The molecule has 2 aromatic rings. The van der Waals surface area contributed by atoms with Crippen LogP contribution < -0.4 is 10.1 Å². The Kier molecular flexibility index (Phi) is 3.94. The average molecular weight is 262 g/mol. The van der Waals surface area contributed by atoms with Crippen molar-refractivity contribution >= 4 is 5.95 Å². The molecule has 0 aliphatic rings. The van der Waals surface area contributed by atoms with Gasteiger partial charge in [0.1, 0.15) is 6.33 Å². The average Bonchev–Trinajstić information content (AvgIpc) is 2.71. The van der Waals surface area contributed by atoms with Crippen LogP contribution in [0.2, 0.25) is 0 Å². The standard InChI is InChI=1S/C12H18N6O/c1-8(2)19-11-5-9(3)15-12(16-11)13-6-10-14-7-18(4)17-10/h5,7-8H,6H2,1-4H3,(H,13,15,16). The third kappa shape index (κ3) is 3.90. The molecule has 0 aromatic carbocycles. The van der Waals surface area contributed by atoms with E-state index in [1.54, 1.807) is 11.0 Å². The summed E-state index contributed by atoms with van der Waals surface area (Å²) in [6.45, 7) is 6.30. The molecule has 2 rings (SSSR count). The molecule has 0 radical (unpaired) electrons. The van der Waals surface area contributed by atoms with Gasteiger partial charge in [0.15, 0.2) is 5.82 Å². The topological polar surface area (TPSA) is 77.8 Å². The highest BCUT2D eigenvalue weighted by atomic mass is 16.5. The van der Waals surface area contributed by atoms with Crippen LogP contribution in [0.3, 0.4) is 0 Å². The molecule has 0 aliphatic carbocycles. The third-order valence-electron chi connectivity index (χ3n) is 2.24.